The molecule has 0 amide bonds. The molecular formula is C33H38O12. The second-order valence-corrected chi connectivity index (χ2v) is 13.2. The first-order chi connectivity index (χ1) is 20.9. The molecule has 242 valence electrons. The standard InChI is InChI=1S/C33H38O12/c1-16-21(37)14-33(40)28(44-29(39)20-11-9-8-10-12-20)26-31(7,27(38)25(43-18(3)35)24(16)30(33,5)6)22(42-17(2)34)13-23-32(26,15-41-23)45-19(4)36/h8-12,22-23,25-26,28,40H,13-15H2,1-7H3/t22-,23+,25+,26-,28-,31+,32-,33+/m0/s1. The predicted octanol–water partition coefficient (Wildman–Crippen LogP) is 2.43. The number of benzene rings is 1. The Morgan fingerprint density at radius 3 is 2.07 bits per heavy atom. The molecule has 1 saturated heterocycles. The van der Waals surface area contributed by atoms with Gasteiger partial charge in [-0.1, -0.05) is 32.0 Å². The van der Waals surface area contributed by atoms with E-state index in [1.54, 1.807) is 32.0 Å². The Morgan fingerprint density at radius 2 is 1.53 bits per heavy atom. The van der Waals surface area contributed by atoms with Gasteiger partial charge < -0.3 is 28.8 Å². The molecule has 45 heavy (non-hydrogen) atoms. The Hall–Kier alpha value is -3.90. The van der Waals surface area contributed by atoms with E-state index in [1.807, 2.05) is 0 Å². The van der Waals surface area contributed by atoms with E-state index in [9.17, 15) is 29.1 Å². The van der Waals surface area contributed by atoms with Crippen LogP contribution in [0.15, 0.2) is 41.5 Å². The lowest BCUT2D eigenvalue weighted by molar-refractivity contribution is -0.344. The number of carbonyl (C=O) groups is 6. The van der Waals surface area contributed by atoms with Crippen LogP contribution in [-0.4, -0.2) is 82.8 Å². The van der Waals surface area contributed by atoms with E-state index in [2.05, 4.69) is 0 Å². The van der Waals surface area contributed by atoms with Gasteiger partial charge in [0.15, 0.2) is 23.3 Å². The van der Waals surface area contributed by atoms with E-state index in [0.29, 0.717) is 0 Å². The van der Waals surface area contributed by atoms with E-state index >= 15 is 4.79 Å². The Balaban J connectivity index is 1.88. The van der Waals surface area contributed by atoms with Gasteiger partial charge in [-0.2, -0.15) is 0 Å². The van der Waals surface area contributed by atoms with E-state index in [-0.39, 0.29) is 29.7 Å². The molecule has 1 aliphatic heterocycles. The average molecular weight is 627 g/mol. The quantitative estimate of drug-likeness (QED) is 0.375. The van der Waals surface area contributed by atoms with Crippen molar-refractivity contribution in [2.24, 2.45) is 16.7 Å². The number of allylic oxidation sites excluding steroid dienone is 1. The lowest BCUT2D eigenvalue weighted by Crippen LogP contribution is -2.82. The van der Waals surface area contributed by atoms with Crippen molar-refractivity contribution in [1.82, 2.24) is 0 Å². The number of aliphatic hydroxyl groups is 1. The van der Waals surface area contributed by atoms with E-state index < -0.39 is 94.2 Å². The van der Waals surface area contributed by atoms with E-state index in [1.165, 1.54) is 32.9 Å². The third-order valence-corrected chi connectivity index (χ3v) is 10.3. The third kappa shape index (κ3) is 4.72. The van der Waals surface area contributed by atoms with Gasteiger partial charge in [0.25, 0.3) is 0 Å². The molecule has 3 aliphatic carbocycles. The summed E-state index contributed by atoms with van der Waals surface area (Å²) in [5, 5.41) is 12.9. The van der Waals surface area contributed by atoms with Crippen molar-refractivity contribution < 1.29 is 57.6 Å². The Kier molecular flexibility index (Phi) is 7.85. The number of ketones is 2. The smallest absolute Gasteiger partial charge is 0.338 e. The second-order valence-electron chi connectivity index (χ2n) is 13.2. The van der Waals surface area contributed by atoms with Crippen molar-refractivity contribution in [1.29, 1.82) is 0 Å². The summed E-state index contributed by atoms with van der Waals surface area (Å²) in [6.07, 6.45) is -6.25. The van der Waals surface area contributed by atoms with Crippen LogP contribution in [-0.2, 0) is 47.7 Å². The summed E-state index contributed by atoms with van der Waals surface area (Å²) in [5.74, 6) is -5.96. The van der Waals surface area contributed by atoms with Gasteiger partial charge in [-0.3, -0.25) is 24.0 Å². The zero-order chi connectivity index (χ0) is 33.3. The predicted molar refractivity (Wildman–Crippen MR) is 153 cm³/mol. The molecule has 12 heteroatoms. The first kappa shape index (κ1) is 32.5. The summed E-state index contributed by atoms with van der Waals surface area (Å²) in [6.45, 7) is 9.29. The van der Waals surface area contributed by atoms with Crippen LogP contribution in [0, 0.1) is 16.7 Å². The molecule has 2 bridgehead atoms. The minimum atomic E-state index is -2.25. The molecule has 5 rings (SSSR count). The molecule has 1 heterocycles. The minimum absolute atomic E-state index is 0.0389. The lowest BCUT2D eigenvalue weighted by atomic mass is 9.44. The molecule has 1 aromatic carbocycles. The summed E-state index contributed by atoms with van der Waals surface area (Å²) in [6, 6.07) is 7.94. The average Bonchev–Trinajstić information content (AvgIpc) is 2.94. The van der Waals surface area contributed by atoms with Gasteiger partial charge in [-0.25, -0.2) is 4.79 Å². The summed E-state index contributed by atoms with van der Waals surface area (Å²) >= 11 is 0. The first-order valence-electron chi connectivity index (χ1n) is 14.8. The largest absolute Gasteiger partial charge is 0.461 e. The fourth-order valence-electron chi connectivity index (χ4n) is 8.07. The highest BCUT2D eigenvalue weighted by molar-refractivity contribution is 6.03. The van der Waals surface area contributed by atoms with Crippen LogP contribution in [0.5, 0.6) is 0 Å². The molecule has 1 N–H and O–H groups in total. The highest BCUT2D eigenvalue weighted by Gasteiger charge is 2.79. The molecule has 0 unspecified atom stereocenters. The van der Waals surface area contributed by atoms with Crippen molar-refractivity contribution in [3.63, 3.8) is 0 Å². The van der Waals surface area contributed by atoms with Crippen LogP contribution in [0.2, 0.25) is 0 Å². The van der Waals surface area contributed by atoms with Crippen molar-refractivity contribution in [3.8, 4) is 0 Å². The van der Waals surface area contributed by atoms with Gasteiger partial charge in [-0.15, -0.1) is 0 Å². The molecule has 12 nitrogen and oxygen atoms in total. The molecule has 2 saturated carbocycles. The molecule has 0 aromatic heterocycles. The maximum atomic E-state index is 15.1. The van der Waals surface area contributed by atoms with Crippen molar-refractivity contribution in [2.75, 3.05) is 6.61 Å². The van der Waals surface area contributed by atoms with Crippen molar-refractivity contribution in [3.05, 3.63) is 47.0 Å². The molecule has 0 spiro atoms. The summed E-state index contributed by atoms with van der Waals surface area (Å²) in [5.41, 5.74) is -7.10. The zero-order valence-electron chi connectivity index (χ0n) is 26.3. The van der Waals surface area contributed by atoms with Crippen LogP contribution >= 0.6 is 0 Å². The Morgan fingerprint density at radius 1 is 0.911 bits per heavy atom. The molecule has 4 aliphatic rings. The fourth-order valence-corrected chi connectivity index (χ4v) is 8.07. The number of fused-ring (bicyclic) bond motifs is 5. The van der Waals surface area contributed by atoms with Crippen LogP contribution in [0.1, 0.15) is 71.7 Å². The number of Topliss-reactive ketones (excluding diaryl/α,β-unsaturated/α-hetero) is 2. The maximum absolute atomic E-state index is 15.1. The maximum Gasteiger partial charge on any atom is 0.338 e. The highest BCUT2D eigenvalue weighted by Crippen LogP contribution is 2.64. The van der Waals surface area contributed by atoms with Gasteiger partial charge in [0.2, 0.25) is 0 Å². The topological polar surface area (TPSA) is 169 Å². The van der Waals surface area contributed by atoms with Gasteiger partial charge in [0.05, 0.1) is 23.5 Å². The summed E-state index contributed by atoms with van der Waals surface area (Å²) < 4.78 is 29.5. The molecular weight excluding hydrogens is 588 g/mol. The molecule has 0 radical (unpaired) electrons. The number of ether oxygens (including phenoxy) is 5. The van der Waals surface area contributed by atoms with Crippen LogP contribution in [0.25, 0.3) is 0 Å². The second kappa shape index (κ2) is 10.9. The van der Waals surface area contributed by atoms with E-state index in [4.69, 9.17) is 23.7 Å². The fraction of sp³-hybridized carbons (Fsp3) is 0.576. The van der Waals surface area contributed by atoms with Gasteiger partial charge in [0, 0.05) is 39.0 Å². The molecule has 8 atom stereocenters. The highest BCUT2D eigenvalue weighted by atomic mass is 16.6. The zero-order valence-corrected chi connectivity index (χ0v) is 26.3. The van der Waals surface area contributed by atoms with Gasteiger partial charge in [-0.05, 0) is 37.1 Å². The molecule has 1 aromatic rings. The van der Waals surface area contributed by atoms with E-state index in [0.717, 1.165) is 13.8 Å². The Labute approximate surface area is 260 Å². The SMILES string of the molecule is CC(=O)O[C@H]1C(=O)[C@]2(C)[C@@H](OC(C)=O)C[C@H]3OC[C@@]3(OC(C)=O)[C@H]2[C@H](OC(=O)c2ccccc2)[C@]2(O)CC(=O)C(C)=C1C2(C)C. The number of rotatable bonds is 5. The molecule has 3 fully saturated rings. The number of carbonyl (C=O) groups excluding carboxylic acids is 6. The lowest BCUT2D eigenvalue weighted by Gasteiger charge is -2.67. The van der Waals surface area contributed by atoms with Crippen molar-refractivity contribution >= 4 is 35.4 Å². The summed E-state index contributed by atoms with van der Waals surface area (Å²) in [4.78, 5) is 80.3. The number of esters is 4. The first-order valence-corrected chi connectivity index (χ1v) is 14.8. The monoisotopic (exact) mass is 626 g/mol. The summed E-state index contributed by atoms with van der Waals surface area (Å²) in [7, 11) is 0. The minimum Gasteiger partial charge on any atom is -0.461 e. The van der Waals surface area contributed by atoms with Crippen molar-refractivity contribution in [2.45, 2.75) is 96.9 Å². The van der Waals surface area contributed by atoms with Gasteiger partial charge >= 0.3 is 23.9 Å². The number of hydrogen-bond acceptors (Lipinski definition) is 12. The van der Waals surface area contributed by atoms with Crippen LogP contribution < -0.4 is 0 Å². The van der Waals surface area contributed by atoms with Crippen LogP contribution in [0.3, 0.4) is 0 Å². The Bertz CT molecular complexity index is 1510. The van der Waals surface area contributed by atoms with Crippen LogP contribution in [0.4, 0.5) is 0 Å². The third-order valence-electron chi connectivity index (χ3n) is 10.3. The number of hydrogen-bond donors (Lipinski definition) is 1. The van der Waals surface area contributed by atoms with Gasteiger partial charge in [0.1, 0.15) is 23.9 Å². The normalized spacial score (nSPS) is 36.7.